The van der Waals surface area contributed by atoms with Gasteiger partial charge < -0.3 is 0 Å². The van der Waals surface area contributed by atoms with Gasteiger partial charge in [0, 0.05) is 12.4 Å². The van der Waals surface area contributed by atoms with Crippen LogP contribution in [-0.4, -0.2) is 29.8 Å². The lowest BCUT2D eigenvalue weighted by molar-refractivity contribution is 1.04. The van der Waals surface area contributed by atoms with Crippen LogP contribution in [0.2, 0.25) is 0 Å². The molecule has 2 heterocycles. The summed E-state index contributed by atoms with van der Waals surface area (Å²) >= 11 is 5.08. The molecule has 2 rings (SSSR count). The van der Waals surface area contributed by atoms with Gasteiger partial charge in [0.2, 0.25) is 5.95 Å². The molecule has 0 aromatic carbocycles. The number of H-pyrrole nitrogens is 1. The fraction of sp³-hybridized carbons (Fsp3) is 0.143. The van der Waals surface area contributed by atoms with Gasteiger partial charge in [-0.2, -0.15) is 4.98 Å². The zero-order chi connectivity index (χ0) is 9.97. The summed E-state index contributed by atoms with van der Waals surface area (Å²) in [4.78, 5) is 7.94. The first-order valence-electron chi connectivity index (χ1n) is 3.94. The van der Waals surface area contributed by atoms with E-state index in [9.17, 15) is 0 Å². The van der Waals surface area contributed by atoms with E-state index in [2.05, 4.69) is 25.5 Å². The Morgan fingerprint density at radius 2 is 2.50 bits per heavy atom. The first kappa shape index (κ1) is 8.82. The lowest BCUT2D eigenvalue weighted by Crippen LogP contribution is -2.18. The van der Waals surface area contributed by atoms with Crippen molar-refractivity contribution in [2.45, 2.75) is 6.92 Å². The van der Waals surface area contributed by atoms with E-state index >= 15 is 0 Å². The van der Waals surface area contributed by atoms with Crippen molar-refractivity contribution in [1.82, 2.24) is 24.7 Å². The molecule has 2 N–H and O–H groups in total. The summed E-state index contributed by atoms with van der Waals surface area (Å²) in [6.07, 6.45) is 5.00. The summed E-state index contributed by atoms with van der Waals surface area (Å²) in [5, 5.41) is 9.96. The molecule has 0 atom stereocenters. The van der Waals surface area contributed by atoms with Crippen molar-refractivity contribution >= 4 is 23.3 Å². The number of hydrogen-bond acceptors (Lipinski definition) is 4. The molecule has 0 fully saturated rings. The normalized spacial score (nSPS) is 10.1. The molecule has 2 aromatic heterocycles. The SMILES string of the molecule is Cc1nc(NC(=S)n2ccnc2)n[nH]1. The van der Waals surface area contributed by atoms with E-state index in [0.29, 0.717) is 11.1 Å². The number of thiocarbonyl (C=S) groups is 1. The van der Waals surface area contributed by atoms with Gasteiger partial charge in [-0.15, -0.1) is 5.10 Å². The topological polar surface area (TPSA) is 71.4 Å². The van der Waals surface area contributed by atoms with Gasteiger partial charge in [0.15, 0.2) is 5.11 Å². The van der Waals surface area contributed by atoms with Crippen LogP contribution in [0.1, 0.15) is 5.82 Å². The third-order valence-corrected chi connectivity index (χ3v) is 1.87. The fourth-order valence-electron chi connectivity index (χ4n) is 0.938. The number of aromatic amines is 1. The molecule has 72 valence electrons. The molecule has 0 aliphatic rings. The highest BCUT2D eigenvalue weighted by Gasteiger charge is 2.03. The Labute approximate surface area is 85.4 Å². The lowest BCUT2D eigenvalue weighted by atomic mass is 10.7. The highest BCUT2D eigenvalue weighted by molar-refractivity contribution is 7.80. The number of rotatable bonds is 1. The molecular weight excluding hydrogens is 200 g/mol. The minimum atomic E-state index is 0.459. The molecule has 0 aliphatic carbocycles. The molecule has 0 aliphatic heterocycles. The van der Waals surface area contributed by atoms with Crippen molar-refractivity contribution < 1.29 is 0 Å². The van der Waals surface area contributed by atoms with E-state index in [4.69, 9.17) is 12.2 Å². The number of nitrogens with one attached hydrogen (secondary N) is 2. The average molecular weight is 208 g/mol. The van der Waals surface area contributed by atoms with E-state index in [0.717, 1.165) is 5.82 Å². The Morgan fingerprint density at radius 1 is 1.64 bits per heavy atom. The lowest BCUT2D eigenvalue weighted by Gasteiger charge is -2.02. The standard InChI is InChI=1S/C7H8N6S/c1-5-9-6(12-11-5)10-7(14)13-3-2-8-4-13/h2-4H,1H3,(H2,9,10,11,12,14). The number of anilines is 1. The molecule has 0 saturated heterocycles. The van der Waals surface area contributed by atoms with Gasteiger partial charge in [-0.1, -0.05) is 0 Å². The largest absolute Gasteiger partial charge is 0.299 e. The van der Waals surface area contributed by atoms with Crippen molar-refractivity contribution in [3.63, 3.8) is 0 Å². The van der Waals surface area contributed by atoms with Crippen molar-refractivity contribution in [2.24, 2.45) is 0 Å². The van der Waals surface area contributed by atoms with Gasteiger partial charge in [0.05, 0.1) is 0 Å². The van der Waals surface area contributed by atoms with Gasteiger partial charge in [-0.05, 0) is 19.1 Å². The second-order valence-electron chi connectivity index (χ2n) is 2.64. The molecule has 7 heteroatoms. The van der Waals surface area contributed by atoms with Gasteiger partial charge in [-0.3, -0.25) is 15.0 Å². The third-order valence-electron chi connectivity index (χ3n) is 1.55. The number of hydrogen-bond donors (Lipinski definition) is 2. The first-order valence-corrected chi connectivity index (χ1v) is 4.35. The maximum absolute atomic E-state index is 5.08. The predicted octanol–water partition coefficient (Wildman–Crippen LogP) is 0.555. The second kappa shape index (κ2) is 3.54. The van der Waals surface area contributed by atoms with Crippen LogP contribution in [-0.2, 0) is 0 Å². The van der Waals surface area contributed by atoms with Gasteiger partial charge in [0.25, 0.3) is 0 Å². The van der Waals surface area contributed by atoms with Crippen LogP contribution in [0, 0.1) is 6.92 Å². The van der Waals surface area contributed by atoms with E-state index < -0.39 is 0 Å². The number of imidazole rings is 1. The van der Waals surface area contributed by atoms with Gasteiger partial charge in [0.1, 0.15) is 12.2 Å². The fourth-order valence-corrected chi connectivity index (χ4v) is 1.14. The molecule has 0 saturated carbocycles. The molecule has 0 radical (unpaired) electrons. The maximum Gasteiger partial charge on any atom is 0.248 e. The van der Waals surface area contributed by atoms with Crippen molar-refractivity contribution in [3.05, 3.63) is 24.5 Å². The summed E-state index contributed by atoms with van der Waals surface area (Å²) in [5.74, 6) is 1.20. The highest BCUT2D eigenvalue weighted by Crippen LogP contribution is 1.98. The number of aromatic nitrogens is 5. The molecular formula is C7H8N6S. The molecule has 6 nitrogen and oxygen atoms in total. The van der Waals surface area contributed by atoms with Crippen LogP contribution in [0.4, 0.5) is 5.95 Å². The minimum Gasteiger partial charge on any atom is -0.299 e. The summed E-state index contributed by atoms with van der Waals surface area (Å²) < 4.78 is 1.67. The quantitative estimate of drug-likeness (QED) is 0.670. The van der Waals surface area contributed by atoms with Crippen LogP contribution in [0.5, 0.6) is 0 Å². The Balaban J connectivity index is 2.09. The van der Waals surface area contributed by atoms with Gasteiger partial charge >= 0.3 is 0 Å². The Bertz CT molecular complexity index is 431. The molecule has 0 unspecified atom stereocenters. The second-order valence-corrected chi connectivity index (χ2v) is 3.03. The highest BCUT2D eigenvalue weighted by atomic mass is 32.1. The van der Waals surface area contributed by atoms with E-state index in [-0.39, 0.29) is 0 Å². The molecule has 2 aromatic rings. The van der Waals surface area contributed by atoms with Crippen LogP contribution in [0.3, 0.4) is 0 Å². The molecule has 0 bridgehead atoms. The monoisotopic (exact) mass is 208 g/mol. The van der Waals surface area contributed by atoms with Crippen LogP contribution in [0.15, 0.2) is 18.7 Å². The Kier molecular flexibility index (Phi) is 2.23. The molecule has 14 heavy (non-hydrogen) atoms. The first-order chi connectivity index (χ1) is 6.75. The number of nitrogens with zero attached hydrogens (tertiary/aromatic N) is 4. The minimum absolute atomic E-state index is 0.459. The molecule has 0 amide bonds. The zero-order valence-electron chi connectivity index (χ0n) is 7.43. The summed E-state index contributed by atoms with van der Waals surface area (Å²) in [5.41, 5.74) is 0. The maximum atomic E-state index is 5.08. The Morgan fingerprint density at radius 3 is 3.07 bits per heavy atom. The number of aryl methyl sites for hydroxylation is 1. The van der Waals surface area contributed by atoms with Crippen molar-refractivity contribution in [1.29, 1.82) is 0 Å². The van der Waals surface area contributed by atoms with E-state index in [1.165, 1.54) is 0 Å². The summed E-state index contributed by atoms with van der Waals surface area (Å²) in [6.45, 7) is 1.82. The van der Waals surface area contributed by atoms with Crippen molar-refractivity contribution in [2.75, 3.05) is 5.32 Å². The van der Waals surface area contributed by atoms with Gasteiger partial charge in [-0.25, -0.2) is 4.98 Å². The Hall–Kier alpha value is -1.76. The predicted molar refractivity (Wildman–Crippen MR) is 55.0 cm³/mol. The van der Waals surface area contributed by atoms with Crippen LogP contribution < -0.4 is 5.32 Å². The average Bonchev–Trinajstić information content (AvgIpc) is 2.75. The summed E-state index contributed by atoms with van der Waals surface area (Å²) in [7, 11) is 0. The van der Waals surface area contributed by atoms with Crippen LogP contribution in [0.25, 0.3) is 0 Å². The third kappa shape index (κ3) is 1.77. The summed E-state index contributed by atoms with van der Waals surface area (Å²) in [6, 6.07) is 0. The zero-order valence-corrected chi connectivity index (χ0v) is 8.25. The van der Waals surface area contributed by atoms with E-state index in [1.807, 2.05) is 6.92 Å². The molecule has 0 spiro atoms. The van der Waals surface area contributed by atoms with E-state index in [1.54, 1.807) is 23.3 Å². The van der Waals surface area contributed by atoms with Crippen LogP contribution >= 0.6 is 12.2 Å². The smallest absolute Gasteiger partial charge is 0.248 e. The van der Waals surface area contributed by atoms with Crippen molar-refractivity contribution in [3.8, 4) is 0 Å².